The third kappa shape index (κ3) is 3.28. The summed E-state index contributed by atoms with van der Waals surface area (Å²) in [6.07, 6.45) is 0. The van der Waals surface area contributed by atoms with Gasteiger partial charge in [0.1, 0.15) is 0 Å². The van der Waals surface area contributed by atoms with Gasteiger partial charge in [0.2, 0.25) is 0 Å². The van der Waals surface area contributed by atoms with Gasteiger partial charge in [-0.25, -0.2) is 9.59 Å². The second-order valence-corrected chi connectivity index (χ2v) is 7.36. The molecule has 0 saturated carbocycles. The maximum Gasteiger partial charge on any atom is 0.337 e. The smallest absolute Gasteiger partial charge is 0.337 e. The van der Waals surface area contributed by atoms with E-state index in [2.05, 4.69) is 15.9 Å². The quantitative estimate of drug-likeness (QED) is 0.285. The molecule has 5 heteroatoms. The molecule has 0 spiro atoms. The first kappa shape index (κ1) is 19.2. The normalized spacial score (nSPS) is 10.9. The molecule has 0 atom stereocenters. The zero-order chi connectivity index (χ0) is 20.5. The monoisotopic (exact) mass is 448 g/mol. The van der Waals surface area contributed by atoms with Gasteiger partial charge in [-0.1, -0.05) is 48.5 Å². The summed E-state index contributed by atoms with van der Waals surface area (Å²) in [6, 6.07) is 21.0. The van der Waals surface area contributed by atoms with Gasteiger partial charge >= 0.3 is 11.9 Å². The van der Waals surface area contributed by atoms with Crippen LogP contribution in [0.3, 0.4) is 0 Å². The molecule has 0 bridgehead atoms. The van der Waals surface area contributed by atoms with Gasteiger partial charge in [0, 0.05) is 4.47 Å². The maximum atomic E-state index is 12.3. The number of halogens is 1. The van der Waals surface area contributed by atoms with E-state index < -0.39 is 11.9 Å². The summed E-state index contributed by atoms with van der Waals surface area (Å²) < 4.78 is 10.8. The van der Waals surface area contributed by atoms with E-state index >= 15 is 0 Å². The summed E-state index contributed by atoms with van der Waals surface area (Å²) in [5.41, 5.74) is 2.27. The van der Waals surface area contributed by atoms with Crippen LogP contribution in [0.5, 0.6) is 0 Å². The minimum Gasteiger partial charge on any atom is -0.465 e. The average Bonchev–Trinajstić information content (AvgIpc) is 2.78. The molecule has 4 rings (SSSR count). The summed E-state index contributed by atoms with van der Waals surface area (Å²) in [5.74, 6) is -1.02. The van der Waals surface area contributed by atoms with Crippen molar-refractivity contribution in [3.63, 3.8) is 0 Å². The maximum absolute atomic E-state index is 12.3. The van der Waals surface area contributed by atoms with Gasteiger partial charge in [0.15, 0.2) is 0 Å². The fourth-order valence-electron chi connectivity index (χ4n) is 3.63. The predicted molar refractivity (Wildman–Crippen MR) is 117 cm³/mol. The van der Waals surface area contributed by atoms with Crippen LogP contribution in [0.1, 0.15) is 20.7 Å². The van der Waals surface area contributed by atoms with Crippen molar-refractivity contribution in [2.75, 3.05) is 14.2 Å². The number of methoxy groups -OCH3 is 2. The van der Waals surface area contributed by atoms with E-state index in [0.717, 1.165) is 37.1 Å². The molecule has 0 aliphatic heterocycles. The number of hydrogen-bond donors (Lipinski definition) is 0. The van der Waals surface area contributed by atoms with Crippen molar-refractivity contribution in [2.45, 2.75) is 0 Å². The largest absolute Gasteiger partial charge is 0.465 e. The zero-order valence-corrected chi connectivity index (χ0v) is 17.4. The number of fused-ring (bicyclic) bond motifs is 2. The Hall–Kier alpha value is -3.18. The molecule has 4 aromatic rings. The van der Waals surface area contributed by atoms with Crippen molar-refractivity contribution in [3.8, 4) is 11.1 Å². The molecule has 0 aromatic heterocycles. The van der Waals surface area contributed by atoms with Crippen LogP contribution in [0.4, 0.5) is 0 Å². The predicted octanol–water partition coefficient (Wildman–Crippen LogP) is 6.00. The molecule has 0 amide bonds. The van der Waals surface area contributed by atoms with E-state index in [1.807, 2.05) is 48.5 Å². The highest BCUT2D eigenvalue weighted by atomic mass is 79.9. The van der Waals surface area contributed by atoms with Gasteiger partial charge in [-0.2, -0.15) is 0 Å². The third-order valence-electron chi connectivity index (χ3n) is 4.93. The van der Waals surface area contributed by atoms with Gasteiger partial charge in [-0.15, -0.1) is 0 Å². The second kappa shape index (κ2) is 7.68. The number of carbonyl (C=O) groups excluding carboxylic acids is 2. The molecular formula is C24H17BrO4. The van der Waals surface area contributed by atoms with Gasteiger partial charge in [0.25, 0.3) is 0 Å². The van der Waals surface area contributed by atoms with Crippen molar-refractivity contribution < 1.29 is 19.1 Å². The van der Waals surface area contributed by atoms with Crippen LogP contribution in [-0.2, 0) is 9.47 Å². The topological polar surface area (TPSA) is 52.6 Å². The van der Waals surface area contributed by atoms with Crippen LogP contribution < -0.4 is 0 Å². The van der Waals surface area contributed by atoms with Crippen molar-refractivity contribution in [3.05, 3.63) is 82.3 Å². The molecular weight excluding hydrogens is 432 g/mol. The molecule has 4 aromatic carbocycles. The highest BCUT2D eigenvalue weighted by Gasteiger charge is 2.18. The van der Waals surface area contributed by atoms with Crippen LogP contribution in [0.2, 0.25) is 0 Å². The number of hydrogen-bond acceptors (Lipinski definition) is 4. The van der Waals surface area contributed by atoms with Crippen molar-refractivity contribution in [1.82, 2.24) is 0 Å². The zero-order valence-electron chi connectivity index (χ0n) is 15.9. The number of ether oxygens (including phenoxy) is 2. The Morgan fingerprint density at radius 2 is 1.10 bits per heavy atom. The van der Waals surface area contributed by atoms with E-state index in [9.17, 15) is 9.59 Å². The average molecular weight is 449 g/mol. The fraction of sp³-hybridized carbons (Fsp3) is 0.0833. The molecule has 0 fully saturated rings. The first-order valence-corrected chi connectivity index (χ1v) is 9.75. The molecule has 0 unspecified atom stereocenters. The van der Waals surface area contributed by atoms with E-state index in [1.165, 1.54) is 20.3 Å². The minimum atomic E-state index is -0.511. The summed E-state index contributed by atoms with van der Waals surface area (Å²) in [6.45, 7) is 0. The van der Waals surface area contributed by atoms with Crippen LogP contribution in [-0.4, -0.2) is 26.2 Å². The van der Waals surface area contributed by atoms with Crippen LogP contribution in [0.15, 0.2) is 71.2 Å². The van der Waals surface area contributed by atoms with Crippen LogP contribution >= 0.6 is 15.9 Å². The Morgan fingerprint density at radius 3 is 1.52 bits per heavy atom. The van der Waals surface area contributed by atoms with Gasteiger partial charge in [-0.05, 0) is 66.8 Å². The molecule has 0 radical (unpaired) electrons. The molecule has 0 saturated heterocycles. The van der Waals surface area contributed by atoms with Gasteiger partial charge in [0.05, 0.1) is 25.3 Å². The Morgan fingerprint density at radius 1 is 0.690 bits per heavy atom. The molecule has 0 aliphatic rings. The highest BCUT2D eigenvalue weighted by molar-refractivity contribution is 9.10. The molecule has 4 nitrogen and oxygen atoms in total. The summed E-state index contributed by atoms with van der Waals surface area (Å²) in [4.78, 5) is 24.5. The van der Waals surface area contributed by atoms with E-state index in [1.54, 1.807) is 12.1 Å². The van der Waals surface area contributed by atoms with Crippen molar-refractivity contribution in [2.24, 2.45) is 0 Å². The first-order valence-electron chi connectivity index (χ1n) is 8.96. The Kier molecular flexibility index (Phi) is 5.07. The first-order chi connectivity index (χ1) is 14.0. The molecule has 0 heterocycles. The van der Waals surface area contributed by atoms with Crippen LogP contribution in [0, 0.1) is 0 Å². The van der Waals surface area contributed by atoms with Crippen LogP contribution in [0.25, 0.3) is 32.7 Å². The molecule has 144 valence electrons. The third-order valence-corrected chi connectivity index (χ3v) is 5.78. The molecule has 0 aliphatic carbocycles. The second-order valence-electron chi connectivity index (χ2n) is 6.56. The van der Waals surface area contributed by atoms with E-state index in [4.69, 9.17) is 9.47 Å². The minimum absolute atomic E-state index is 0.293. The number of rotatable bonds is 3. The standard InChI is InChI=1S/C24H17BrO4/c1-28-23(26)15-11-14(12-16(13-15)24(27)29-2)21-17-7-3-5-9-19(17)22(25)20-10-6-4-8-18(20)21/h3-13H,1-2H3. The Bertz CT molecular complexity index is 1190. The SMILES string of the molecule is COC(=O)c1cc(C(=O)OC)cc(-c2c3ccccc3c(Br)c3ccccc23)c1. The summed E-state index contributed by atoms with van der Waals surface area (Å²) in [5, 5.41) is 4.11. The Balaban J connectivity index is 2.15. The lowest BCUT2D eigenvalue weighted by atomic mass is 9.90. The lowest BCUT2D eigenvalue weighted by Crippen LogP contribution is -2.07. The summed E-state index contributed by atoms with van der Waals surface area (Å²) in [7, 11) is 2.63. The number of benzene rings is 4. The van der Waals surface area contributed by atoms with Gasteiger partial charge in [-0.3, -0.25) is 0 Å². The van der Waals surface area contributed by atoms with E-state index in [-0.39, 0.29) is 0 Å². The van der Waals surface area contributed by atoms with Gasteiger partial charge < -0.3 is 9.47 Å². The summed E-state index contributed by atoms with van der Waals surface area (Å²) >= 11 is 3.74. The Labute approximate surface area is 176 Å². The molecule has 0 N–H and O–H groups in total. The van der Waals surface area contributed by atoms with E-state index in [0.29, 0.717) is 11.1 Å². The lowest BCUT2D eigenvalue weighted by molar-refractivity contribution is 0.0599. The lowest BCUT2D eigenvalue weighted by Gasteiger charge is -2.15. The fourth-order valence-corrected chi connectivity index (χ4v) is 4.32. The van der Waals surface area contributed by atoms with Crippen molar-refractivity contribution in [1.29, 1.82) is 0 Å². The number of esters is 2. The highest BCUT2D eigenvalue weighted by Crippen LogP contribution is 2.42. The number of carbonyl (C=O) groups is 2. The molecule has 29 heavy (non-hydrogen) atoms. The van der Waals surface area contributed by atoms with Crippen molar-refractivity contribution >= 4 is 49.4 Å².